The van der Waals surface area contributed by atoms with Crippen molar-refractivity contribution in [1.82, 2.24) is 5.32 Å². The van der Waals surface area contributed by atoms with E-state index >= 15 is 0 Å². The highest BCUT2D eigenvalue weighted by atomic mass is 16.7. The van der Waals surface area contributed by atoms with Gasteiger partial charge in [-0.15, -0.1) is 0 Å². The molecule has 1 atom stereocenters. The summed E-state index contributed by atoms with van der Waals surface area (Å²) >= 11 is 0. The Morgan fingerprint density at radius 1 is 1.33 bits per heavy atom. The summed E-state index contributed by atoms with van der Waals surface area (Å²) in [5.74, 6) is 0.415. The summed E-state index contributed by atoms with van der Waals surface area (Å²) in [6, 6.07) is 0. The molecule has 4 heteroatoms. The molecule has 0 aromatic heterocycles. The van der Waals surface area contributed by atoms with Crippen LogP contribution in [0.5, 0.6) is 0 Å². The molecule has 0 spiro atoms. The average Bonchev–Trinajstić information content (AvgIpc) is 2.99. The zero-order valence-electron chi connectivity index (χ0n) is 11.5. The molecule has 18 heavy (non-hydrogen) atoms. The van der Waals surface area contributed by atoms with Crippen LogP contribution in [-0.2, 0) is 14.3 Å². The first-order valence-corrected chi connectivity index (χ1v) is 7.16. The van der Waals surface area contributed by atoms with Crippen molar-refractivity contribution >= 4 is 5.91 Å². The van der Waals surface area contributed by atoms with Gasteiger partial charge in [-0.1, -0.05) is 19.8 Å². The molecule has 1 aliphatic carbocycles. The van der Waals surface area contributed by atoms with Crippen LogP contribution >= 0.6 is 0 Å². The van der Waals surface area contributed by atoms with E-state index in [-0.39, 0.29) is 11.8 Å². The van der Waals surface area contributed by atoms with Crippen molar-refractivity contribution in [1.29, 1.82) is 0 Å². The molecule has 2 fully saturated rings. The van der Waals surface area contributed by atoms with E-state index in [1.54, 1.807) is 0 Å². The topological polar surface area (TPSA) is 47.6 Å². The van der Waals surface area contributed by atoms with E-state index in [4.69, 9.17) is 9.47 Å². The highest BCUT2D eigenvalue weighted by molar-refractivity contribution is 5.78. The monoisotopic (exact) mass is 255 g/mol. The fraction of sp³-hybridized carbons (Fsp3) is 0.929. The van der Waals surface area contributed by atoms with Crippen LogP contribution in [0.1, 0.15) is 46.0 Å². The third-order valence-corrected chi connectivity index (χ3v) is 4.30. The lowest BCUT2D eigenvalue weighted by Crippen LogP contribution is -2.37. The molecule has 1 amide bonds. The van der Waals surface area contributed by atoms with E-state index in [0.29, 0.717) is 25.7 Å². The number of rotatable bonds is 5. The fourth-order valence-corrected chi connectivity index (χ4v) is 2.95. The van der Waals surface area contributed by atoms with Gasteiger partial charge in [0.2, 0.25) is 5.91 Å². The molecule has 0 aromatic rings. The SMILES string of the molecule is CC(C(=O)NCCC1(C)OCCO1)C1CCCC1. The van der Waals surface area contributed by atoms with Crippen molar-refractivity contribution in [3.63, 3.8) is 0 Å². The summed E-state index contributed by atoms with van der Waals surface area (Å²) in [4.78, 5) is 12.0. The van der Waals surface area contributed by atoms with Crippen molar-refractivity contribution in [2.45, 2.75) is 51.7 Å². The minimum absolute atomic E-state index is 0.144. The number of hydrogen-bond donors (Lipinski definition) is 1. The Hall–Kier alpha value is -0.610. The van der Waals surface area contributed by atoms with Gasteiger partial charge in [0.15, 0.2) is 5.79 Å². The maximum atomic E-state index is 12.0. The molecule has 0 bridgehead atoms. The van der Waals surface area contributed by atoms with Gasteiger partial charge in [-0.05, 0) is 25.7 Å². The number of carbonyl (C=O) groups is 1. The zero-order chi connectivity index (χ0) is 13.0. The first kappa shape index (κ1) is 13.8. The van der Waals surface area contributed by atoms with Gasteiger partial charge in [0.1, 0.15) is 0 Å². The molecule has 1 N–H and O–H groups in total. The van der Waals surface area contributed by atoms with Crippen LogP contribution in [0.2, 0.25) is 0 Å². The second kappa shape index (κ2) is 6.02. The van der Waals surface area contributed by atoms with Gasteiger partial charge >= 0.3 is 0 Å². The van der Waals surface area contributed by atoms with Gasteiger partial charge in [0, 0.05) is 18.9 Å². The largest absolute Gasteiger partial charge is 0.356 e. The molecule has 104 valence electrons. The molecular weight excluding hydrogens is 230 g/mol. The van der Waals surface area contributed by atoms with Crippen molar-refractivity contribution in [2.24, 2.45) is 11.8 Å². The number of hydrogen-bond acceptors (Lipinski definition) is 3. The lowest BCUT2D eigenvalue weighted by atomic mass is 9.92. The Kier molecular flexibility index (Phi) is 4.62. The van der Waals surface area contributed by atoms with Crippen LogP contribution in [0, 0.1) is 11.8 Å². The van der Waals surface area contributed by atoms with Crippen LogP contribution in [0.25, 0.3) is 0 Å². The smallest absolute Gasteiger partial charge is 0.223 e. The van der Waals surface area contributed by atoms with Gasteiger partial charge in [-0.2, -0.15) is 0 Å². The number of ether oxygens (including phenoxy) is 2. The minimum atomic E-state index is -0.496. The molecule has 1 aliphatic heterocycles. The van der Waals surface area contributed by atoms with Crippen LogP contribution < -0.4 is 5.32 Å². The summed E-state index contributed by atoms with van der Waals surface area (Å²) in [5.41, 5.74) is 0. The lowest BCUT2D eigenvalue weighted by Gasteiger charge is -2.23. The number of amides is 1. The van der Waals surface area contributed by atoms with E-state index in [1.807, 2.05) is 6.92 Å². The van der Waals surface area contributed by atoms with E-state index in [9.17, 15) is 4.79 Å². The molecular formula is C14H25NO3. The minimum Gasteiger partial charge on any atom is -0.356 e. The molecule has 2 rings (SSSR count). The van der Waals surface area contributed by atoms with Crippen LogP contribution in [0.4, 0.5) is 0 Å². The van der Waals surface area contributed by atoms with E-state index in [1.165, 1.54) is 25.7 Å². The predicted molar refractivity (Wildman–Crippen MR) is 69.1 cm³/mol. The summed E-state index contributed by atoms with van der Waals surface area (Å²) in [6.45, 7) is 5.93. The van der Waals surface area contributed by atoms with E-state index < -0.39 is 5.79 Å². The lowest BCUT2D eigenvalue weighted by molar-refractivity contribution is -0.147. The molecule has 4 nitrogen and oxygen atoms in total. The standard InChI is InChI=1S/C14H25NO3/c1-11(12-5-3-4-6-12)13(16)15-8-7-14(2)17-9-10-18-14/h11-12H,3-10H2,1-2H3,(H,15,16). The molecule has 2 aliphatic rings. The summed E-state index contributed by atoms with van der Waals surface area (Å²) in [5, 5.41) is 3.01. The van der Waals surface area contributed by atoms with Gasteiger partial charge in [-0.3, -0.25) is 4.79 Å². The normalized spacial score (nSPS) is 25.2. The van der Waals surface area contributed by atoms with Crippen LogP contribution in [-0.4, -0.2) is 31.5 Å². The Morgan fingerprint density at radius 3 is 2.56 bits per heavy atom. The summed E-state index contributed by atoms with van der Waals surface area (Å²) < 4.78 is 11.0. The third-order valence-electron chi connectivity index (χ3n) is 4.30. The predicted octanol–water partition coefficient (Wildman–Crippen LogP) is 2.08. The Labute approximate surface area is 109 Å². The van der Waals surface area contributed by atoms with Crippen molar-refractivity contribution in [3.05, 3.63) is 0 Å². The molecule has 1 unspecified atom stereocenters. The van der Waals surface area contributed by atoms with Gasteiger partial charge in [0.05, 0.1) is 13.2 Å². The zero-order valence-corrected chi connectivity index (χ0v) is 11.5. The molecule has 0 aromatic carbocycles. The molecule has 1 saturated heterocycles. The molecule has 1 heterocycles. The number of carbonyl (C=O) groups excluding carboxylic acids is 1. The van der Waals surface area contributed by atoms with E-state index in [2.05, 4.69) is 12.2 Å². The Morgan fingerprint density at radius 2 is 1.94 bits per heavy atom. The maximum Gasteiger partial charge on any atom is 0.223 e. The highest BCUT2D eigenvalue weighted by Crippen LogP contribution is 2.31. The van der Waals surface area contributed by atoms with Crippen molar-refractivity contribution in [3.8, 4) is 0 Å². The first-order chi connectivity index (χ1) is 8.61. The number of nitrogens with one attached hydrogen (secondary N) is 1. The fourth-order valence-electron chi connectivity index (χ4n) is 2.95. The van der Waals surface area contributed by atoms with Gasteiger partial charge in [0.25, 0.3) is 0 Å². The summed E-state index contributed by atoms with van der Waals surface area (Å²) in [6.07, 6.45) is 5.69. The maximum absolute atomic E-state index is 12.0. The van der Waals surface area contributed by atoms with Crippen LogP contribution in [0.3, 0.4) is 0 Å². The average molecular weight is 255 g/mol. The van der Waals surface area contributed by atoms with Crippen molar-refractivity contribution < 1.29 is 14.3 Å². The quantitative estimate of drug-likeness (QED) is 0.818. The first-order valence-electron chi connectivity index (χ1n) is 7.16. The molecule has 0 radical (unpaired) electrons. The van der Waals surface area contributed by atoms with Gasteiger partial charge in [-0.25, -0.2) is 0 Å². The van der Waals surface area contributed by atoms with Gasteiger partial charge < -0.3 is 14.8 Å². The highest BCUT2D eigenvalue weighted by Gasteiger charge is 2.31. The summed E-state index contributed by atoms with van der Waals surface area (Å²) in [7, 11) is 0. The second-order valence-corrected chi connectivity index (χ2v) is 5.70. The molecule has 1 saturated carbocycles. The van der Waals surface area contributed by atoms with Crippen molar-refractivity contribution in [2.75, 3.05) is 19.8 Å². The van der Waals surface area contributed by atoms with E-state index in [0.717, 1.165) is 6.42 Å². The Balaban J connectivity index is 1.67. The third kappa shape index (κ3) is 3.45. The second-order valence-electron chi connectivity index (χ2n) is 5.70. The van der Waals surface area contributed by atoms with Crippen LogP contribution in [0.15, 0.2) is 0 Å². The Bertz CT molecular complexity index is 281.